The lowest BCUT2D eigenvalue weighted by atomic mass is 9.81. The van der Waals surface area contributed by atoms with Crippen molar-refractivity contribution in [2.45, 2.75) is 38.0 Å². The van der Waals surface area contributed by atoms with E-state index in [4.69, 9.17) is 5.73 Å². The molecule has 1 aliphatic heterocycles. The summed E-state index contributed by atoms with van der Waals surface area (Å²) in [6.45, 7) is 1.24. The summed E-state index contributed by atoms with van der Waals surface area (Å²) in [4.78, 5) is 26.1. The van der Waals surface area contributed by atoms with E-state index in [1.807, 2.05) is 17.0 Å². The van der Waals surface area contributed by atoms with Gasteiger partial charge in [0.15, 0.2) is 0 Å². The normalized spacial score (nSPS) is 25.2. The summed E-state index contributed by atoms with van der Waals surface area (Å²) in [6.07, 6.45) is 4.70. The molecule has 2 amide bonds. The van der Waals surface area contributed by atoms with Crippen molar-refractivity contribution in [3.8, 4) is 0 Å². The summed E-state index contributed by atoms with van der Waals surface area (Å²) in [7, 11) is 0. The molecule has 112 valence electrons. The van der Waals surface area contributed by atoms with E-state index in [1.54, 1.807) is 0 Å². The van der Waals surface area contributed by atoms with Crippen LogP contribution in [0.5, 0.6) is 0 Å². The van der Waals surface area contributed by atoms with Crippen molar-refractivity contribution in [2.24, 2.45) is 11.7 Å². The molecule has 0 saturated carbocycles. The van der Waals surface area contributed by atoms with Gasteiger partial charge >= 0.3 is 0 Å². The standard InChI is InChI=1S/C17H22N2O2/c18-16(20)13-7-4-10-19(11-13)17(21)15-9-3-6-12-5-1-2-8-14(12)15/h1-2,5,8,13,15H,3-4,6-7,9-11H2,(H2,18,20). The molecule has 1 aromatic rings. The predicted octanol–water partition coefficient (Wildman–Crippen LogP) is 1.83. The molecule has 1 heterocycles. The highest BCUT2D eigenvalue weighted by Gasteiger charge is 2.33. The van der Waals surface area contributed by atoms with Gasteiger partial charge in [-0.15, -0.1) is 0 Å². The molecule has 4 nitrogen and oxygen atoms in total. The summed E-state index contributed by atoms with van der Waals surface area (Å²) >= 11 is 0. The zero-order valence-electron chi connectivity index (χ0n) is 12.3. The van der Waals surface area contributed by atoms with Crippen LogP contribution in [0.15, 0.2) is 24.3 Å². The number of carbonyl (C=O) groups is 2. The van der Waals surface area contributed by atoms with Crippen LogP contribution in [0.2, 0.25) is 0 Å². The number of fused-ring (bicyclic) bond motifs is 1. The topological polar surface area (TPSA) is 63.4 Å². The van der Waals surface area contributed by atoms with Crippen LogP contribution in [0, 0.1) is 5.92 Å². The number of nitrogens with two attached hydrogens (primary N) is 1. The molecule has 0 aromatic heterocycles. The van der Waals surface area contributed by atoms with E-state index in [9.17, 15) is 9.59 Å². The number of hydrogen-bond acceptors (Lipinski definition) is 2. The lowest BCUT2D eigenvalue weighted by Gasteiger charge is -2.35. The van der Waals surface area contributed by atoms with Crippen LogP contribution in [0.1, 0.15) is 42.7 Å². The van der Waals surface area contributed by atoms with Gasteiger partial charge in [0.25, 0.3) is 0 Å². The molecule has 4 heteroatoms. The summed E-state index contributed by atoms with van der Waals surface area (Å²) in [6, 6.07) is 8.24. The number of amides is 2. The van der Waals surface area contributed by atoms with Gasteiger partial charge in [0.2, 0.25) is 11.8 Å². The zero-order valence-corrected chi connectivity index (χ0v) is 12.3. The summed E-state index contributed by atoms with van der Waals surface area (Å²) < 4.78 is 0. The number of primary amides is 1. The Morgan fingerprint density at radius 3 is 2.76 bits per heavy atom. The van der Waals surface area contributed by atoms with E-state index in [0.29, 0.717) is 6.54 Å². The molecule has 0 spiro atoms. The van der Waals surface area contributed by atoms with Gasteiger partial charge in [-0.25, -0.2) is 0 Å². The van der Waals surface area contributed by atoms with Gasteiger partial charge in [-0.3, -0.25) is 9.59 Å². The predicted molar refractivity (Wildman–Crippen MR) is 80.6 cm³/mol. The summed E-state index contributed by atoms with van der Waals surface area (Å²) in [5.74, 6) is -0.326. The number of hydrogen-bond donors (Lipinski definition) is 1. The van der Waals surface area contributed by atoms with E-state index in [-0.39, 0.29) is 23.7 Å². The first-order chi connectivity index (χ1) is 10.2. The van der Waals surface area contributed by atoms with E-state index >= 15 is 0 Å². The first-order valence-corrected chi connectivity index (χ1v) is 7.82. The molecule has 0 radical (unpaired) electrons. The minimum absolute atomic E-state index is 0.0402. The molecule has 2 N–H and O–H groups in total. The van der Waals surface area contributed by atoms with Gasteiger partial charge in [0.05, 0.1) is 11.8 Å². The van der Waals surface area contributed by atoms with E-state index in [1.165, 1.54) is 11.1 Å². The molecule has 0 bridgehead atoms. The fourth-order valence-corrected chi connectivity index (χ4v) is 3.64. The first-order valence-electron chi connectivity index (χ1n) is 7.82. The Morgan fingerprint density at radius 2 is 1.95 bits per heavy atom. The Hall–Kier alpha value is -1.84. The van der Waals surface area contributed by atoms with Crippen molar-refractivity contribution >= 4 is 11.8 Å². The Kier molecular flexibility index (Phi) is 3.95. The number of aryl methyl sites for hydroxylation is 1. The van der Waals surface area contributed by atoms with Crippen molar-refractivity contribution in [3.63, 3.8) is 0 Å². The van der Waals surface area contributed by atoms with Crippen molar-refractivity contribution in [1.29, 1.82) is 0 Å². The number of benzene rings is 1. The van der Waals surface area contributed by atoms with Gasteiger partial charge in [0.1, 0.15) is 0 Å². The van der Waals surface area contributed by atoms with Crippen molar-refractivity contribution in [3.05, 3.63) is 35.4 Å². The Bertz CT molecular complexity index is 555. The van der Waals surface area contributed by atoms with Crippen molar-refractivity contribution in [1.82, 2.24) is 4.90 Å². The highest BCUT2D eigenvalue weighted by atomic mass is 16.2. The highest BCUT2D eigenvalue weighted by Crippen LogP contribution is 2.33. The van der Waals surface area contributed by atoms with E-state index in [2.05, 4.69) is 12.1 Å². The third-order valence-electron chi connectivity index (χ3n) is 4.80. The van der Waals surface area contributed by atoms with Gasteiger partial charge in [-0.2, -0.15) is 0 Å². The summed E-state index contributed by atoms with van der Waals surface area (Å²) in [5, 5.41) is 0. The van der Waals surface area contributed by atoms with Gasteiger partial charge in [-0.1, -0.05) is 24.3 Å². The molecule has 3 rings (SSSR count). The third-order valence-corrected chi connectivity index (χ3v) is 4.80. The second-order valence-corrected chi connectivity index (χ2v) is 6.17. The van der Waals surface area contributed by atoms with Crippen LogP contribution in [0.4, 0.5) is 0 Å². The van der Waals surface area contributed by atoms with Crippen LogP contribution < -0.4 is 5.73 Å². The molecule has 2 aliphatic rings. The zero-order chi connectivity index (χ0) is 14.8. The van der Waals surface area contributed by atoms with Crippen LogP contribution >= 0.6 is 0 Å². The Labute approximate surface area is 125 Å². The largest absolute Gasteiger partial charge is 0.369 e. The van der Waals surface area contributed by atoms with Crippen LogP contribution in [0.3, 0.4) is 0 Å². The molecule has 2 unspecified atom stereocenters. The van der Waals surface area contributed by atoms with Crippen molar-refractivity contribution in [2.75, 3.05) is 13.1 Å². The van der Waals surface area contributed by atoms with Crippen molar-refractivity contribution < 1.29 is 9.59 Å². The molecular weight excluding hydrogens is 264 g/mol. The van der Waals surface area contributed by atoms with Crippen LogP contribution in [0.25, 0.3) is 0 Å². The third kappa shape index (κ3) is 2.80. The molecule has 1 aromatic carbocycles. The lowest BCUT2D eigenvalue weighted by molar-refractivity contribution is -0.136. The Morgan fingerprint density at radius 1 is 1.14 bits per heavy atom. The van der Waals surface area contributed by atoms with Gasteiger partial charge in [-0.05, 0) is 43.2 Å². The fraction of sp³-hybridized carbons (Fsp3) is 0.529. The number of carbonyl (C=O) groups excluding carboxylic acids is 2. The second-order valence-electron chi connectivity index (χ2n) is 6.17. The maximum Gasteiger partial charge on any atom is 0.230 e. The number of rotatable bonds is 2. The van der Waals surface area contributed by atoms with Crippen LogP contribution in [-0.2, 0) is 16.0 Å². The van der Waals surface area contributed by atoms with Crippen LogP contribution in [-0.4, -0.2) is 29.8 Å². The molecule has 2 atom stereocenters. The Balaban J connectivity index is 1.78. The monoisotopic (exact) mass is 286 g/mol. The minimum atomic E-state index is -0.281. The minimum Gasteiger partial charge on any atom is -0.369 e. The number of likely N-dealkylation sites (tertiary alicyclic amines) is 1. The average Bonchev–Trinajstić information content (AvgIpc) is 2.53. The molecule has 21 heavy (non-hydrogen) atoms. The average molecular weight is 286 g/mol. The SMILES string of the molecule is NC(=O)C1CCCN(C(=O)C2CCCc3ccccc32)C1. The maximum atomic E-state index is 12.9. The summed E-state index contributed by atoms with van der Waals surface area (Å²) in [5.41, 5.74) is 7.88. The molecule has 1 fully saturated rings. The maximum absolute atomic E-state index is 12.9. The fourth-order valence-electron chi connectivity index (χ4n) is 3.64. The van der Waals surface area contributed by atoms with Gasteiger partial charge < -0.3 is 10.6 Å². The smallest absolute Gasteiger partial charge is 0.230 e. The van der Waals surface area contributed by atoms with E-state index in [0.717, 1.165) is 38.6 Å². The number of piperidine rings is 1. The second kappa shape index (κ2) is 5.88. The molecule has 1 aliphatic carbocycles. The molecule has 1 saturated heterocycles. The number of nitrogens with zero attached hydrogens (tertiary/aromatic N) is 1. The quantitative estimate of drug-likeness (QED) is 0.901. The van der Waals surface area contributed by atoms with Gasteiger partial charge in [0, 0.05) is 13.1 Å². The lowest BCUT2D eigenvalue weighted by Crippen LogP contribution is -2.46. The van der Waals surface area contributed by atoms with E-state index < -0.39 is 0 Å². The molecular formula is C17H22N2O2. The highest BCUT2D eigenvalue weighted by molar-refractivity contribution is 5.85. The first kappa shape index (κ1) is 14.1.